The molecule has 0 saturated heterocycles. The molecule has 2 aromatic rings. The Balaban J connectivity index is 2.38. The minimum atomic E-state index is -1.26. The summed E-state index contributed by atoms with van der Waals surface area (Å²) in [6.45, 7) is 0. The maximum absolute atomic E-state index is 13.5. The Hall–Kier alpha value is -2.25. The summed E-state index contributed by atoms with van der Waals surface area (Å²) in [5.74, 6) is -1.28. The van der Waals surface area contributed by atoms with Gasteiger partial charge in [0.15, 0.2) is 0 Å². The van der Waals surface area contributed by atoms with Gasteiger partial charge < -0.3 is 5.11 Å². The summed E-state index contributed by atoms with van der Waals surface area (Å²) >= 11 is 0. The van der Waals surface area contributed by atoms with Crippen LogP contribution in [0.4, 0.5) is 8.78 Å². The predicted octanol–water partition coefficient (Wildman–Crippen LogP) is 2.92. The van der Waals surface area contributed by atoms with E-state index in [0.717, 1.165) is 18.2 Å². The zero-order valence-electron chi connectivity index (χ0n) is 9.27. The van der Waals surface area contributed by atoms with E-state index >= 15 is 0 Å². The molecule has 0 radical (unpaired) electrons. The van der Waals surface area contributed by atoms with E-state index in [1.165, 1.54) is 24.3 Å². The van der Waals surface area contributed by atoms with Crippen molar-refractivity contribution in [2.24, 2.45) is 0 Å². The van der Waals surface area contributed by atoms with Gasteiger partial charge in [0.1, 0.15) is 17.7 Å². The van der Waals surface area contributed by atoms with E-state index in [9.17, 15) is 13.9 Å². The van der Waals surface area contributed by atoms with Gasteiger partial charge in [-0.05, 0) is 35.9 Å². The highest BCUT2D eigenvalue weighted by Gasteiger charge is 2.15. The molecule has 0 aliphatic carbocycles. The van der Waals surface area contributed by atoms with Crippen LogP contribution in [0.2, 0.25) is 0 Å². The number of rotatable bonds is 2. The lowest BCUT2D eigenvalue weighted by Gasteiger charge is -2.12. The Morgan fingerprint density at radius 1 is 1.06 bits per heavy atom. The molecule has 90 valence electrons. The number of nitriles is 1. The lowest BCUT2D eigenvalue weighted by atomic mass is 10.00. The van der Waals surface area contributed by atoms with Gasteiger partial charge in [0.25, 0.3) is 0 Å². The first-order valence-corrected chi connectivity index (χ1v) is 5.25. The minimum Gasteiger partial charge on any atom is -0.384 e. The standard InChI is InChI=1S/C14H9F2NO/c15-11-5-6-13(16)12(7-11)14(18)10-3-1-9(8-17)2-4-10/h1-7,14,18H. The van der Waals surface area contributed by atoms with Gasteiger partial charge in [0.2, 0.25) is 0 Å². The first-order chi connectivity index (χ1) is 8.61. The molecule has 0 aromatic heterocycles. The zero-order valence-corrected chi connectivity index (χ0v) is 9.27. The largest absolute Gasteiger partial charge is 0.384 e. The Kier molecular flexibility index (Phi) is 3.35. The van der Waals surface area contributed by atoms with E-state index in [2.05, 4.69) is 0 Å². The molecule has 0 bridgehead atoms. The molecule has 2 aromatic carbocycles. The Morgan fingerprint density at radius 2 is 1.72 bits per heavy atom. The summed E-state index contributed by atoms with van der Waals surface area (Å²) < 4.78 is 26.5. The molecule has 0 fully saturated rings. The summed E-state index contributed by atoms with van der Waals surface area (Å²) in [5, 5.41) is 18.6. The van der Waals surface area contributed by atoms with E-state index in [1.54, 1.807) is 0 Å². The van der Waals surface area contributed by atoms with Crippen LogP contribution in [0.5, 0.6) is 0 Å². The molecule has 1 unspecified atom stereocenters. The maximum atomic E-state index is 13.5. The van der Waals surface area contributed by atoms with E-state index in [1.807, 2.05) is 6.07 Å². The molecular weight excluding hydrogens is 236 g/mol. The second-order valence-electron chi connectivity index (χ2n) is 3.80. The smallest absolute Gasteiger partial charge is 0.129 e. The summed E-state index contributed by atoms with van der Waals surface area (Å²) in [6, 6.07) is 10.9. The van der Waals surface area contributed by atoms with Crippen LogP contribution in [-0.2, 0) is 0 Å². The highest BCUT2D eigenvalue weighted by atomic mass is 19.1. The number of hydrogen-bond acceptors (Lipinski definition) is 2. The van der Waals surface area contributed by atoms with Crippen LogP contribution in [0, 0.1) is 23.0 Å². The first kappa shape index (κ1) is 12.2. The summed E-state index contributed by atoms with van der Waals surface area (Å²) in [7, 11) is 0. The highest BCUT2D eigenvalue weighted by molar-refractivity contribution is 5.36. The quantitative estimate of drug-likeness (QED) is 0.884. The fourth-order valence-electron chi connectivity index (χ4n) is 1.64. The van der Waals surface area contributed by atoms with Gasteiger partial charge in [-0.1, -0.05) is 12.1 Å². The Morgan fingerprint density at radius 3 is 2.33 bits per heavy atom. The highest BCUT2D eigenvalue weighted by Crippen LogP contribution is 2.25. The second kappa shape index (κ2) is 4.94. The molecule has 0 aliphatic rings. The van der Waals surface area contributed by atoms with Gasteiger partial charge in [-0.15, -0.1) is 0 Å². The maximum Gasteiger partial charge on any atom is 0.129 e. The minimum absolute atomic E-state index is 0.125. The number of hydrogen-bond donors (Lipinski definition) is 1. The third-order valence-electron chi connectivity index (χ3n) is 2.61. The number of benzene rings is 2. The number of aliphatic hydroxyl groups is 1. The van der Waals surface area contributed by atoms with Crippen molar-refractivity contribution >= 4 is 0 Å². The molecule has 2 rings (SSSR count). The van der Waals surface area contributed by atoms with Crippen molar-refractivity contribution < 1.29 is 13.9 Å². The van der Waals surface area contributed by atoms with E-state index in [4.69, 9.17) is 5.26 Å². The third kappa shape index (κ3) is 2.36. The van der Waals surface area contributed by atoms with Gasteiger partial charge in [0, 0.05) is 5.56 Å². The SMILES string of the molecule is N#Cc1ccc(C(O)c2cc(F)ccc2F)cc1. The van der Waals surface area contributed by atoms with Gasteiger partial charge in [0.05, 0.1) is 11.6 Å². The van der Waals surface area contributed by atoms with Gasteiger partial charge in [-0.3, -0.25) is 0 Å². The van der Waals surface area contributed by atoms with Crippen molar-refractivity contribution in [2.45, 2.75) is 6.10 Å². The van der Waals surface area contributed by atoms with Gasteiger partial charge in [-0.25, -0.2) is 8.78 Å². The van der Waals surface area contributed by atoms with Crippen molar-refractivity contribution in [3.8, 4) is 6.07 Å². The lowest BCUT2D eigenvalue weighted by molar-refractivity contribution is 0.214. The van der Waals surface area contributed by atoms with Crippen LogP contribution in [0.15, 0.2) is 42.5 Å². The van der Waals surface area contributed by atoms with Crippen LogP contribution in [-0.4, -0.2) is 5.11 Å². The number of nitrogens with zero attached hydrogens (tertiary/aromatic N) is 1. The summed E-state index contributed by atoms with van der Waals surface area (Å²) in [4.78, 5) is 0. The average molecular weight is 245 g/mol. The van der Waals surface area contributed by atoms with Gasteiger partial charge >= 0.3 is 0 Å². The topological polar surface area (TPSA) is 44.0 Å². The molecule has 1 atom stereocenters. The number of aliphatic hydroxyl groups excluding tert-OH is 1. The van der Waals surface area contributed by atoms with Crippen LogP contribution in [0.1, 0.15) is 22.8 Å². The molecule has 4 heteroatoms. The summed E-state index contributed by atoms with van der Waals surface area (Å²) in [5.41, 5.74) is 0.712. The predicted molar refractivity (Wildman–Crippen MR) is 61.6 cm³/mol. The molecule has 18 heavy (non-hydrogen) atoms. The average Bonchev–Trinajstić information content (AvgIpc) is 2.41. The molecule has 0 spiro atoms. The lowest BCUT2D eigenvalue weighted by Crippen LogP contribution is -2.03. The monoisotopic (exact) mass is 245 g/mol. The second-order valence-corrected chi connectivity index (χ2v) is 3.80. The molecule has 0 saturated carbocycles. The fraction of sp³-hybridized carbons (Fsp3) is 0.0714. The van der Waals surface area contributed by atoms with E-state index in [0.29, 0.717) is 11.1 Å². The third-order valence-corrected chi connectivity index (χ3v) is 2.61. The molecule has 0 heterocycles. The van der Waals surface area contributed by atoms with Crippen molar-refractivity contribution in [3.63, 3.8) is 0 Å². The summed E-state index contributed by atoms with van der Waals surface area (Å²) in [6.07, 6.45) is -1.26. The molecule has 1 N–H and O–H groups in total. The van der Waals surface area contributed by atoms with Crippen LogP contribution in [0.25, 0.3) is 0 Å². The van der Waals surface area contributed by atoms with E-state index in [-0.39, 0.29) is 5.56 Å². The Bertz CT molecular complexity index is 602. The molecule has 0 aliphatic heterocycles. The van der Waals surface area contributed by atoms with Crippen molar-refractivity contribution in [1.82, 2.24) is 0 Å². The molecular formula is C14H9F2NO. The number of halogens is 2. The molecule has 0 amide bonds. The Labute approximate surface area is 103 Å². The normalized spacial score (nSPS) is 11.9. The van der Waals surface area contributed by atoms with Crippen LogP contribution in [0.3, 0.4) is 0 Å². The van der Waals surface area contributed by atoms with Crippen molar-refractivity contribution in [1.29, 1.82) is 5.26 Å². The van der Waals surface area contributed by atoms with Crippen molar-refractivity contribution in [3.05, 3.63) is 70.8 Å². The van der Waals surface area contributed by atoms with E-state index < -0.39 is 17.7 Å². The van der Waals surface area contributed by atoms with Crippen LogP contribution >= 0.6 is 0 Å². The van der Waals surface area contributed by atoms with Gasteiger partial charge in [-0.2, -0.15) is 5.26 Å². The molecule has 2 nitrogen and oxygen atoms in total. The first-order valence-electron chi connectivity index (χ1n) is 5.25. The fourth-order valence-corrected chi connectivity index (χ4v) is 1.64. The van der Waals surface area contributed by atoms with Crippen LogP contribution < -0.4 is 0 Å². The van der Waals surface area contributed by atoms with Crippen molar-refractivity contribution in [2.75, 3.05) is 0 Å². The zero-order chi connectivity index (χ0) is 13.1.